The summed E-state index contributed by atoms with van der Waals surface area (Å²) in [5.41, 5.74) is 3.86. The molecule has 0 saturated carbocycles. The van der Waals surface area contributed by atoms with Crippen LogP contribution in [-0.4, -0.2) is 15.9 Å². The van der Waals surface area contributed by atoms with Crippen LogP contribution >= 0.6 is 0 Å². The molecular weight excluding hydrogens is 695 g/mol. The Morgan fingerprint density at radius 1 is 0.810 bits per heavy atom. The van der Waals surface area contributed by atoms with E-state index in [9.17, 15) is 9.90 Å². The van der Waals surface area contributed by atoms with Gasteiger partial charge in [-0.05, 0) is 42.6 Å². The third-order valence-corrected chi connectivity index (χ3v) is 9.06. The average molecular weight is 743 g/mol. The van der Waals surface area contributed by atoms with Gasteiger partial charge in [0.2, 0.25) is 0 Å². The van der Waals surface area contributed by atoms with Gasteiger partial charge in [0.15, 0.2) is 5.78 Å². The number of aliphatic hydroxyl groups excluding tert-OH is 1. The number of fused-ring (bicyclic) bond motifs is 2. The summed E-state index contributed by atoms with van der Waals surface area (Å²) in [5.74, 6) is 0.286. The Kier molecular flexibility index (Phi) is 12.3. The number of aromatic nitrogens is 1. The minimum Gasteiger partial charge on any atom is -0.512 e. The first-order valence-electron chi connectivity index (χ1n) is 15.1. The molecule has 1 N–H and O–H groups in total. The van der Waals surface area contributed by atoms with Gasteiger partial charge in [-0.3, -0.25) is 9.78 Å². The number of benzene rings is 3. The van der Waals surface area contributed by atoms with Gasteiger partial charge < -0.3 is 5.11 Å². The number of allylic oxidation sites excluding steroid dienone is 2. The van der Waals surface area contributed by atoms with E-state index in [-0.39, 0.29) is 47.9 Å². The predicted molar refractivity (Wildman–Crippen MR) is 175 cm³/mol. The normalized spacial score (nSPS) is 12.5. The summed E-state index contributed by atoms with van der Waals surface area (Å²) in [7, 11) is 0. The number of para-hydroxylation sites is 1. The van der Waals surface area contributed by atoms with E-state index in [0.717, 1.165) is 53.2 Å². The van der Waals surface area contributed by atoms with E-state index in [0.29, 0.717) is 0 Å². The molecule has 227 valence electrons. The molecule has 4 rings (SSSR count). The molecule has 0 aliphatic rings. The number of rotatable bonds is 8. The fraction of sp³-hybridized carbons (Fsp3) is 0.421. The Balaban J connectivity index is 0.000000307. The molecule has 1 radical (unpaired) electrons. The van der Waals surface area contributed by atoms with Crippen LogP contribution in [0.5, 0.6) is 0 Å². The quantitative estimate of drug-likeness (QED) is 0.111. The topological polar surface area (TPSA) is 50.2 Å². The summed E-state index contributed by atoms with van der Waals surface area (Å²) in [6.07, 6.45) is 4.75. The number of aliphatic hydroxyl groups is 1. The molecule has 0 unspecified atom stereocenters. The Hall–Kier alpha value is -2.81. The summed E-state index contributed by atoms with van der Waals surface area (Å²) in [5, 5.41) is 13.7. The van der Waals surface area contributed by atoms with Crippen molar-refractivity contribution in [3.63, 3.8) is 0 Å². The average Bonchev–Trinajstić information content (AvgIpc) is 2.99. The molecule has 3 aromatic carbocycles. The summed E-state index contributed by atoms with van der Waals surface area (Å²) in [4.78, 5) is 17.0. The van der Waals surface area contributed by atoms with Gasteiger partial charge in [0.1, 0.15) is 5.76 Å². The summed E-state index contributed by atoms with van der Waals surface area (Å²) in [6.45, 7) is 18.9. The van der Waals surface area contributed by atoms with Gasteiger partial charge in [-0.15, -0.1) is 29.1 Å². The smallest absolute Gasteiger partial charge is 0.164 e. The first-order chi connectivity index (χ1) is 19.3. The van der Waals surface area contributed by atoms with Gasteiger partial charge in [-0.1, -0.05) is 122 Å². The fourth-order valence-corrected chi connectivity index (χ4v) is 4.89. The molecule has 3 nitrogen and oxygen atoms in total. The third kappa shape index (κ3) is 7.97. The van der Waals surface area contributed by atoms with Crippen LogP contribution in [0.3, 0.4) is 0 Å². The standard InChI is InChI=1S/C23H20N.C15H28O2.Ir/c1-23(2,3)20-15-18(14-17-9-4-6-10-19(17)20)22-13-12-16-8-5-7-11-21(16)24-22;1-7-14(5,8-2)12(16)11-13(17)15(6,9-3)10-4;/h4-13,15H,1-3H3;11,16H,7-10H2,1-6H3;/q-1;;/b;12-11-;. The molecule has 0 fully saturated rings. The molecule has 0 aliphatic carbocycles. The van der Waals surface area contributed by atoms with Crippen molar-refractivity contribution in [2.45, 2.75) is 93.4 Å². The molecule has 0 saturated heterocycles. The van der Waals surface area contributed by atoms with E-state index < -0.39 is 0 Å². The van der Waals surface area contributed by atoms with Crippen LogP contribution in [-0.2, 0) is 30.3 Å². The molecule has 1 heterocycles. The van der Waals surface area contributed by atoms with Crippen molar-refractivity contribution in [2.24, 2.45) is 10.8 Å². The van der Waals surface area contributed by atoms with Crippen molar-refractivity contribution in [1.29, 1.82) is 0 Å². The first-order valence-corrected chi connectivity index (χ1v) is 15.1. The molecule has 4 heteroatoms. The van der Waals surface area contributed by atoms with Crippen LogP contribution in [0.25, 0.3) is 32.9 Å². The Morgan fingerprint density at radius 3 is 1.98 bits per heavy atom. The molecular formula is C38H48IrNO2-. The zero-order valence-corrected chi connectivity index (χ0v) is 29.3. The molecule has 0 amide bonds. The van der Waals surface area contributed by atoms with Crippen LogP contribution in [0.2, 0.25) is 0 Å². The Labute approximate surface area is 267 Å². The maximum atomic E-state index is 12.2. The number of nitrogens with zero attached hydrogens (tertiary/aromatic N) is 1. The van der Waals surface area contributed by atoms with Gasteiger partial charge in [-0.25, -0.2) is 0 Å². The number of hydrogen-bond donors (Lipinski definition) is 1. The number of hydrogen-bond acceptors (Lipinski definition) is 3. The van der Waals surface area contributed by atoms with Crippen molar-refractivity contribution in [2.75, 3.05) is 0 Å². The molecule has 0 bridgehead atoms. The maximum absolute atomic E-state index is 12.2. The van der Waals surface area contributed by atoms with E-state index in [2.05, 4.69) is 81.4 Å². The molecule has 4 aromatic rings. The van der Waals surface area contributed by atoms with Gasteiger partial charge in [-0.2, -0.15) is 0 Å². The van der Waals surface area contributed by atoms with Gasteiger partial charge in [0.25, 0.3) is 0 Å². The van der Waals surface area contributed by atoms with Crippen LogP contribution in [0.15, 0.2) is 78.6 Å². The second kappa shape index (κ2) is 14.6. The molecule has 0 aliphatic heterocycles. The van der Waals surface area contributed by atoms with Crippen molar-refractivity contribution in [3.05, 3.63) is 90.2 Å². The van der Waals surface area contributed by atoms with Crippen LogP contribution < -0.4 is 0 Å². The van der Waals surface area contributed by atoms with Crippen molar-refractivity contribution in [3.8, 4) is 11.3 Å². The number of ketones is 1. The summed E-state index contributed by atoms with van der Waals surface area (Å²) in [6, 6.07) is 26.8. The van der Waals surface area contributed by atoms with Crippen molar-refractivity contribution < 1.29 is 30.0 Å². The second-order valence-electron chi connectivity index (χ2n) is 12.7. The molecule has 1 aromatic heterocycles. The van der Waals surface area contributed by atoms with Crippen LogP contribution in [0.4, 0.5) is 0 Å². The SMILES string of the molecule is CC(C)(C)c1cc(-c2ccc3ccccc3n2)[c-]c2ccccc12.CCC(C)(CC)C(=O)/C=C(\O)C(C)(CC)CC.[Ir]. The summed E-state index contributed by atoms with van der Waals surface area (Å²) < 4.78 is 0. The summed E-state index contributed by atoms with van der Waals surface area (Å²) >= 11 is 0. The first kappa shape index (κ1) is 35.4. The maximum Gasteiger partial charge on any atom is 0.164 e. The second-order valence-corrected chi connectivity index (χ2v) is 12.7. The van der Waals surface area contributed by atoms with E-state index >= 15 is 0 Å². The number of carbonyl (C=O) groups is 1. The largest absolute Gasteiger partial charge is 0.512 e. The zero-order valence-electron chi connectivity index (χ0n) is 26.9. The molecule has 42 heavy (non-hydrogen) atoms. The monoisotopic (exact) mass is 743 g/mol. The van der Waals surface area contributed by atoms with Crippen LogP contribution in [0, 0.1) is 16.9 Å². The zero-order chi connectivity index (χ0) is 30.4. The number of pyridine rings is 1. The van der Waals surface area contributed by atoms with Crippen molar-refractivity contribution >= 4 is 27.5 Å². The molecule has 0 atom stereocenters. The van der Waals surface area contributed by atoms with E-state index in [1.165, 1.54) is 17.0 Å². The minimum atomic E-state index is -0.337. The van der Waals surface area contributed by atoms with E-state index in [1.54, 1.807) is 0 Å². The van der Waals surface area contributed by atoms with Crippen molar-refractivity contribution in [1.82, 2.24) is 4.98 Å². The predicted octanol–water partition coefficient (Wildman–Crippen LogP) is 10.8. The van der Waals surface area contributed by atoms with Crippen LogP contribution in [0.1, 0.15) is 93.6 Å². The van der Waals surface area contributed by atoms with E-state index in [4.69, 9.17) is 4.98 Å². The Bertz CT molecular complexity index is 1520. The van der Waals surface area contributed by atoms with Gasteiger partial charge in [0, 0.05) is 42.7 Å². The molecule has 0 spiro atoms. The number of carbonyl (C=O) groups excluding carboxylic acids is 1. The van der Waals surface area contributed by atoms with Gasteiger partial charge in [0.05, 0.1) is 5.52 Å². The fourth-order valence-electron chi connectivity index (χ4n) is 4.89. The Morgan fingerprint density at radius 2 is 1.38 bits per heavy atom. The van der Waals surface area contributed by atoms with E-state index in [1.807, 2.05) is 53.7 Å². The third-order valence-electron chi connectivity index (χ3n) is 9.06. The minimum absolute atomic E-state index is 0. The van der Waals surface area contributed by atoms with Gasteiger partial charge >= 0.3 is 0 Å².